The molecule has 170 valence electrons. The van der Waals surface area contributed by atoms with Crippen molar-refractivity contribution in [2.75, 3.05) is 13.1 Å². The van der Waals surface area contributed by atoms with Crippen molar-refractivity contribution in [3.05, 3.63) is 47.0 Å². The molecule has 2 fully saturated rings. The summed E-state index contributed by atoms with van der Waals surface area (Å²) in [5, 5.41) is 9.04. The smallest absolute Gasteiger partial charge is 0.261 e. The first-order valence-corrected chi connectivity index (χ1v) is 12.5. The van der Waals surface area contributed by atoms with Gasteiger partial charge in [-0.2, -0.15) is 5.10 Å². The van der Waals surface area contributed by atoms with Gasteiger partial charge >= 0.3 is 0 Å². The van der Waals surface area contributed by atoms with E-state index >= 15 is 0 Å². The van der Waals surface area contributed by atoms with Crippen LogP contribution in [0.1, 0.15) is 54.9 Å². The average molecular weight is 453 g/mol. The zero-order valence-electron chi connectivity index (χ0n) is 19.1. The van der Waals surface area contributed by atoms with Crippen LogP contribution < -0.4 is 5.32 Å². The van der Waals surface area contributed by atoms with Crippen molar-refractivity contribution < 1.29 is 9.53 Å². The number of morpholine rings is 1. The van der Waals surface area contributed by atoms with E-state index in [0.29, 0.717) is 18.2 Å². The van der Waals surface area contributed by atoms with E-state index in [4.69, 9.17) is 4.74 Å². The van der Waals surface area contributed by atoms with Gasteiger partial charge in [0.1, 0.15) is 4.83 Å². The fourth-order valence-corrected chi connectivity index (χ4v) is 6.35. The Labute approximate surface area is 193 Å². The van der Waals surface area contributed by atoms with E-state index in [1.807, 2.05) is 48.0 Å². The second kappa shape index (κ2) is 8.96. The molecule has 6 nitrogen and oxygen atoms in total. The zero-order chi connectivity index (χ0) is 22.2. The van der Waals surface area contributed by atoms with Crippen molar-refractivity contribution in [1.82, 2.24) is 20.0 Å². The predicted molar refractivity (Wildman–Crippen MR) is 129 cm³/mol. The molecule has 0 spiro atoms. The summed E-state index contributed by atoms with van der Waals surface area (Å²) >= 11 is 1.53. The lowest BCUT2D eigenvalue weighted by Gasteiger charge is -2.42. The van der Waals surface area contributed by atoms with Gasteiger partial charge in [0, 0.05) is 30.6 Å². The second-order valence-electron chi connectivity index (χ2n) is 9.35. The number of para-hydroxylation sites is 1. The first-order valence-electron chi connectivity index (χ1n) is 11.7. The Kier molecular flexibility index (Phi) is 6.05. The number of benzene rings is 1. The number of aromatic nitrogens is 2. The maximum atomic E-state index is 13.1. The monoisotopic (exact) mass is 452 g/mol. The molecule has 32 heavy (non-hydrogen) atoms. The first kappa shape index (κ1) is 21.6. The van der Waals surface area contributed by atoms with Crippen molar-refractivity contribution in [3.63, 3.8) is 0 Å². The summed E-state index contributed by atoms with van der Waals surface area (Å²) in [6, 6.07) is 13.0. The SMILES string of the molecule is Cc1nn(-c2ccccc2)c2sc(C(=O)NC3CCC(N4C[C@@H](C)O[C@@H](C)C4)CC3)cc12. The standard InChI is InChI=1S/C25H32N4O2S/c1-16-14-28(15-17(2)31-16)20-11-9-19(10-12-20)26-24(30)23-13-22-18(3)27-29(25(22)32-23)21-7-5-4-6-8-21/h4-8,13,16-17,19-20H,9-12,14-15H2,1-3H3,(H,26,30)/t16-,17+,19?,20?. The molecule has 1 N–H and O–H groups in total. The van der Waals surface area contributed by atoms with E-state index in [9.17, 15) is 4.79 Å². The number of ether oxygens (including phenoxy) is 1. The normalized spacial score (nSPS) is 27.0. The molecule has 1 amide bonds. The van der Waals surface area contributed by atoms with Crippen LogP contribution in [0.4, 0.5) is 0 Å². The molecule has 1 saturated carbocycles. The summed E-state index contributed by atoms with van der Waals surface area (Å²) < 4.78 is 7.84. The van der Waals surface area contributed by atoms with Gasteiger partial charge in [0.25, 0.3) is 5.91 Å². The number of carbonyl (C=O) groups excluding carboxylic acids is 1. The molecule has 0 unspecified atom stereocenters. The molecular weight excluding hydrogens is 420 g/mol. The maximum absolute atomic E-state index is 13.1. The minimum Gasteiger partial charge on any atom is -0.373 e. The van der Waals surface area contributed by atoms with E-state index in [0.717, 1.165) is 65.2 Å². The van der Waals surface area contributed by atoms with Crippen molar-refractivity contribution in [3.8, 4) is 5.69 Å². The average Bonchev–Trinajstić information content (AvgIpc) is 3.35. The highest BCUT2D eigenvalue weighted by atomic mass is 32.1. The van der Waals surface area contributed by atoms with Gasteiger partial charge in [-0.05, 0) is 64.7 Å². The lowest BCUT2D eigenvalue weighted by molar-refractivity contribution is -0.0845. The quantitative estimate of drug-likeness (QED) is 0.631. The number of rotatable bonds is 4. The molecule has 0 bridgehead atoms. The third kappa shape index (κ3) is 4.34. The van der Waals surface area contributed by atoms with Crippen LogP contribution in [0.2, 0.25) is 0 Å². The van der Waals surface area contributed by atoms with E-state index in [1.54, 1.807) is 0 Å². The number of amides is 1. The zero-order valence-corrected chi connectivity index (χ0v) is 19.9. The number of fused-ring (bicyclic) bond motifs is 1. The summed E-state index contributed by atoms with van der Waals surface area (Å²) in [6.45, 7) is 8.37. The number of hydrogen-bond acceptors (Lipinski definition) is 5. The van der Waals surface area contributed by atoms with E-state index < -0.39 is 0 Å². The fourth-order valence-electron chi connectivity index (χ4n) is 5.26. The number of nitrogens with zero attached hydrogens (tertiary/aromatic N) is 3. The summed E-state index contributed by atoms with van der Waals surface area (Å²) in [5.74, 6) is 0.0438. The van der Waals surface area contributed by atoms with Crippen LogP contribution in [0.3, 0.4) is 0 Å². The molecule has 2 atom stereocenters. The first-order chi connectivity index (χ1) is 15.5. The van der Waals surface area contributed by atoms with Crippen LogP contribution >= 0.6 is 11.3 Å². The van der Waals surface area contributed by atoms with Gasteiger partial charge in [0.15, 0.2) is 0 Å². The molecule has 5 rings (SSSR count). The van der Waals surface area contributed by atoms with Gasteiger partial charge in [-0.3, -0.25) is 9.69 Å². The minimum absolute atomic E-state index is 0.0438. The predicted octanol–water partition coefficient (Wildman–Crippen LogP) is 4.55. The molecular formula is C25H32N4O2S. The van der Waals surface area contributed by atoms with Crippen LogP contribution in [-0.4, -0.2) is 58.0 Å². The number of thiophene rings is 1. The van der Waals surface area contributed by atoms with Crippen molar-refractivity contribution in [2.45, 2.75) is 70.7 Å². The molecule has 2 aliphatic rings. The van der Waals surface area contributed by atoms with Gasteiger partial charge in [-0.15, -0.1) is 11.3 Å². The highest BCUT2D eigenvalue weighted by Gasteiger charge is 2.31. The van der Waals surface area contributed by atoms with Crippen molar-refractivity contribution >= 4 is 27.5 Å². The van der Waals surface area contributed by atoms with Crippen molar-refractivity contribution in [2.24, 2.45) is 0 Å². The summed E-state index contributed by atoms with van der Waals surface area (Å²) in [6.07, 6.45) is 4.97. The Morgan fingerprint density at radius 3 is 2.47 bits per heavy atom. The van der Waals surface area contributed by atoms with Crippen LogP contribution in [0, 0.1) is 6.92 Å². The van der Waals surface area contributed by atoms with E-state index in [-0.39, 0.29) is 11.9 Å². The van der Waals surface area contributed by atoms with Gasteiger partial charge < -0.3 is 10.1 Å². The Bertz CT molecular complexity index is 1070. The summed E-state index contributed by atoms with van der Waals surface area (Å²) in [4.78, 5) is 17.4. The molecule has 1 aliphatic heterocycles. The highest BCUT2D eigenvalue weighted by Crippen LogP contribution is 2.31. The van der Waals surface area contributed by atoms with Crippen molar-refractivity contribution in [1.29, 1.82) is 0 Å². The third-order valence-corrected chi connectivity index (χ3v) is 7.87. The molecule has 1 aliphatic carbocycles. The Hall–Kier alpha value is -2.22. The molecule has 3 aromatic rings. The Balaban J connectivity index is 1.23. The largest absolute Gasteiger partial charge is 0.373 e. The summed E-state index contributed by atoms with van der Waals surface area (Å²) in [7, 11) is 0. The lowest BCUT2D eigenvalue weighted by Crippen LogP contribution is -2.52. The Morgan fingerprint density at radius 1 is 1.09 bits per heavy atom. The maximum Gasteiger partial charge on any atom is 0.261 e. The van der Waals surface area contributed by atoms with Gasteiger partial charge in [0.2, 0.25) is 0 Å². The molecule has 3 heterocycles. The number of aryl methyl sites for hydroxylation is 1. The number of nitrogens with one attached hydrogen (secondary N) is 1. The highest BCUT2D eigenvalue weighted by molar-refractivity contribution is 7.20. The number of hydrogen-bond donors (Lipinski definition) is 1. The Morgan fingerprint density at radius 2 is 1.78 bits per heavy atom. The topological polar surface area (TPSA) is 59.4 Å². The molecule has 1 aromatic carbocycles. The van der Waals surface area contributed by atoms with Gasteiger partial charge in [-0.25, -0.2) is 4.68 Å². The van der Waals surface area contributed by atoms with Crippen LogP contribution in [0.15, 0.2) is 36.4 Å². The fraction of sp³-hybridized carbons (Fsp3) is 0.520. The van der Waals surface area contributed by atoms with Gasteiger partial charge in [0.05, 0.1) is 28.5 Å². The van der Waals surface area contributed by atoms with Crippen LogP contribution in [-0.2, 0) is 4.74 Å². The molecule has 1 saturated heterocycles. The minimum atomic E-state index is 0.0438. The summed E-state index contributed by atoms with van der Waals surface area (Å²) in [5.41, 5.74) is 1.97. The second-order valence-corrected chi connectivity index (χ2v) is 10.4. The molecule has 7 heteroatoms. The molecule has 2 aromatic heterocycles. The van der Waals surface area contributed by atoms with Crippen LogP contribution in [0.5, 0.6) is 0 Å². The molecule has 0 radical (unpaired) electrons. The lowest BCUT2D eigenvalue weighted by atomic mass is 9.89. The van der Waals surface area contributed by atoms with E-state index in [1.165, 1.54) is 11.3 Å². The van der Waals surface area contributed by atoms with E-state index in [2.05, 4.69) is 29.2 Å². The number of carbonyl (C=O) groups is 1. The van der Waals surface area contributed by atoms with Crippen LogP contribution in [0.25, 0.3) is 15.9 Å². The third-order valence-electron chi connectivity index (χ3n) is 6.77. The van der Waals surface area contributed by atoms with Gasteiger partial charge in [-0.1, -0.05) is 18.2 Å².